The Labute approximate surface area is 198 Å². The third-order valence-electron chi connectivity index (χ3n) is 11.1. The maximum absolute atomic E-state index is 13.1. The zero-order valence-electron chi connectivity index (χ0n) is 20.2. The lowest BCUT2D eigenvalue weighted by Gasteiger charge is -2.60. The molecule has 0 amide bonds. The van der Waals surface area contributed by atoms with Crippen LogP contribution in [0.2, 0.25) is 0 Å². The molecule has 0 unspecified atom stereocenters. The van der Waals surface area contributed by atoms with Gasteiger partial charge in [-0.3, -0.25) is 0 Å². The van der Waals surface area contributed by atoms with Crippen LogP contribution < -0.4 is 0 Å². The van der Waals surface area contributed by atoms with Gasteiger partial charge in [0.25, 0.3) is 0 Å². The molecule has 4 saturated carbocycles. The first-order valence-corrected chi connectivity index (χ1v) is 12.3. The second-order valence-corrected chi connectivity index (χ2v) is 12.3. The van der Waals surface area contributed by atoms with Gasteiger partial charge in [-0.15, -0.1) is 0 Å². The first-order valence-electron chi connectivity index (χ1n) is 12.3. The number of nitrogens with one attached hydrogen (secondary N) is 1. The molecule has 11 atom stereocenters. The Balaban J connectivity index is 1.64. The topological polar surface area (TPSA) is 152 Å². The van der Waals surface area contributed by atoms with E-state index in [1.165, 1.54) is 0 Å². The number of aliphatic hydroxyl groups is 5. The number of carbonyl (C=O) groups is 1. The van der Waals surface area contributed by atoms with Gasteiger partial charge in [0.1, 0.15) is 28.6 Å². The average molecular weight is 478 g/mol. The highest BCUT2D eigenvalue weighted by atomic mass is 16.7. The Morgan fingerprint density at radius 3 is 2.50 bits per heavy atom. The average Bonchev–Trinajstić information content (AvgIpc) is 3.39. The number of aromatic nitrogens is 1. The van der Waals surface area contributed by atoms with Gasteiger partial charge in [0.05, 0.1) is 11.5 Å². The second kappa shape index (κ2) is 5.90. The summed E-state index contributed by atoms with van der Waals surface area (Å²) in [7, 11) is 0. The molecule has 4 aliphatic carbocycles. The Morgan fingerprint density at radius 1 is 1.24 bits per heavy atom. The highest BCUT2D eigenvalue weighted by Gasteiger charge is 3.05. The summed E-state index contributed by atoms with van der Waals surface area (Å²) in [6.45, 7) is 8.60. The molecule has 1 spiro atoms. The summed E-state index contributed by atoms with van der Waals surface area (Å²) in [5, 5.41) is 61.2. The number of rotatable bonds is 3. The molecule has 1 aromatic heterocycles. The van der Waals surface area contributed by atoms with Crippen LogP contribution in [0.15, 0.2) is 18.3 Å². The van der Waals surface area contributed by atoms with E-state index >= 15 is 0 Å². The number of aliphatic hydroxyl groups excluding tert-OH is 1. The zero-order valence-corrected chi connectivity index (χ0v) is 20.2. The van der Waals surface area contributed by atoms with Crippen LogP contribution in [-0.2, 0) is 9.47 Å². The van der Waals surface area contributed by atoms with Crippen molar-refractivity contribution in [2.75, 3.05) is 0 Å². The summed E-state index contributed by atoms with van der Waals surface area (Å²) in [6.07, 6.45) is -0.327. The van der Waals surface area contributed by atoms with E-state index in [4.69, 9.17) is 9.47 Å². The second-order valence-electron chi connectivity index (χ2n) is 12.3. The Hall–Kier alpha value is -1.49. The van der Waals surface area contributed by atoms with Gasteiger partial charge in [-0.2, -0.15) is 0 Å². The SMILES string of the molecule is CC(C)[C@@]1(O)[C@@H](OC(=O)c2ccc[nH]2)[C@@H]2[C@@]3(O)[C@]45O[C@@](O)(C[C@@]2(C)[C@@]4(O)CC[C@H](C)[C@@H]5O)[C@@]31C. The summed E-state index contributed by atoms with van der Waals surface area (Å²) in [5.74, 6) is -4.68. The molecule has 3 heterocycles. The van der Waals surface area contributed by atoms with Crippen molar-refractivity contribution in [2.24, 2.45) is 28.6 Å². The van der Waals surface area contributed by atoms with Gasteiger partial charge in [0, 0.05) is 24.0 Å². The molecule has 6 N–H and O–H groups in total. The first-order chi connectivity index (χ1) is 15.6. The number of ether oxygens (including phenoxy) is 2. The van der Waals surface area contributed by atoms with Crippen LogP contribution in [0.3, 0.4) is 0 Å². The minimum Gasteiger partial charge on any atom is -0.454 e. The molecule has 7 rings (SSSR count). The van der Waals surface area contributed by atoms with E-state index in [0.717, 1.165) is 0 Å². The van der Waals surface area contributed by atoms with E-state index in [0.29, 0.717) is 6.42 Å². The van der Waals surface area contributed by atoms with Crippen LogP contribution in [0, 0.1) is 28.6 Å². The van der Waals surface area contributed by atoms with Crippen LogP contribution in [0.4, 0.5) is 0 Å². The van der Waals surface area contributed by atoms with Crippen LogP contribution in [0.1, 0.15) is 64.4 Å². The molecular formula is C25H35NO8. The number of H-pyrrole nitrogens is 1. The number of hydrogen-bond acceptors (Lipinski definition) is 8. The van der Waals surface area contributed by atoms with Crippen LogP contribution in [0.25, 0.3) is 0 Å². The number of esters is 1. The third-order valence-corrected chi connectivity index (χ3v) is 11.1. The molecule has 6 fully saturated rings. The quantitative estimate of drug-likeness (QED) is 0.348. The summed E-state index contributed by atoms with van der Waals surface area (Å²) in [4.78, 5) is 15.9. The van der Waals surface area contributed by atoms with Crippen molar-refractivity contribution in [1.29, 1.82) is 0 Å². The fraction of sp³-hybridized carbons (Fsp3) is 0.800. The molecule has 1 aromatic rings. The fourth-order valence-corrected chi connectivity index (χ4v) is 9.57. The van der Waals surface area contributed by atoms with Crippen molar-refractivity contribution in [3.8, 4) is 0 Å². The molecule has 9 nitrogen and oxygen atoms in total. The maximum atomic E-state index is 13.1. The highest BCUT2D eigenvalue weighted by Crippen LogP contribution is 2.89. The van der Waals surface area contributed by atoms with Crippen molar-refractivity contribution in [2.45, 2.75) is 94.3 Å². The molecular weight excluding hydrogens is 442 g/mol. The number of aromatic amines is 1. The van der Waals surface area contributed by atoms with E-state index in [2.05, 4.69) is 4.98 Å². The minimum absolute atomic E-state index is 0.0750. The van der Waals surface area contributed by atoms with Gasteiger partial charge in [-0.1, -0.05) is 27.7 Å². The molecule has 6 aliphatic rings. The first kappa shape index (κ1) is 22.9. The number of carbonyl (C=O) groups excluding carboxylic acids is 1. The number of hydrogen-bond donors (Lipinski definition) is 6. The van der Waals surface area contributed by atoms with E-state index in [1.807, 2.05) is 6.92 Å². The monoisotopic (exact) mass is 477 g/mol. The van der Waals surface area contributed by atoms with Crippen molar-refractivity contribution < 1.29 is 39.8 Å². The van der Waals surface area contributed by atoms with Gasteiger partial charge in [-0.05, 0) is 43.7 Å². The van der Waals surface area contributed by atoms with Crippen molar-refractivity contribution >= 4 is 5.97 Å². The largest absolute Gasteiger partial charge is 0.454 e. The maximum Gasteiger partial charge on any atom is 0.355 e. The van der Waals surface area contributed by atoms with Gasteiger partial charge in [0.15, 0.2) is 11.4 Å². The smallest absolute Gasteiger partial charge is 0.355 e. The van der Waals surface area contributed by atoms with Crippen LogP contribution in [0.5, 0.6) is 0 Å². The van der Waals surface area contributed by atoms with Crippen LogP contribution >= 0.6 is 0 Å². The van der Waals surface area contributed by atoms with Gasteiger partial charge in [-0.25, -0.2) is 4.79 Å². The summed E-state index contributed by atoms with van der Waals surface area (Å²) >= 11 is 0. The predicted octanol–water partition coefficient (Wildman–Crippen LogP) is 0.697. The van der Waals surface area contributed by atoms with Crippen molar-refractivity contribution in [1.82, 2.24) is 4.98 Å². The minimum atomic E-state index is -2.08. The van der Waals surface area contributed by atoms with E-state index in [-0.39, 0.29) is 24.5 Å². The molecule has 188 valence electrons. The Morgan fingerprint density at radius 2 is 1.91 bits per heavy atom. The fourth-order valence-electron chi connectivity index (χ4n) is 9.57. The Kier molecular flexibility index (Phi) is 3.98. The van der Waals surface area contributed by atoms with Crippen molar-refractivity contribution in [3.05, 3.63) is 24.0 Å². The van der Waals surface area contributed by atoms with Crippen LogP contribution in [-0.4, -0.2) is 76.9 Å². The van der Waals surface area contributed by atoms with E-state index in [1.54, 1.807) is 46.0 Å². The van der Waals surface area contributed by atoms with E-state index in [9.17, 15) is 30.3 Å². The van der Waals surface area contributed by atoms with Crippen molar-refractivity contribution in [3.63, 3.8) is 0 Å². The molecule has 34 heavy (non-hydrogen) atoms. The molecule has 0 aromatic carbocycles. The molecule has 0 radical (unpaired) electrons. The third kappa shape index (κ3) is 1.74. The summed E-state index contributed by atoms with van der Waals surface area (Å²) < 4.78 is 12.3. The molecule has 9 heteroatoms. The van der Waals surface area contributed by atoms with Gasteiger partial charge < -0.3 is 40.0 Å². The lowest BCUT2D eigenvalue weighted by atomic mass is 9.54. The molecule has 6 bridgehead atoms. The summed E-state index contributed by atoms with van der Waals surface area (Å²) in [5.41, 5.74) is -10.5. The van der Waals surface area contributed by atoms with Gasteiger partial charge >= 0.3 is 5.97 Å². The lowest BCUT2D eigenvalue weighted by Crippen LogP contribution is -2.75. The molecule has 2 aliphatic heterocycles. The normalized spacial score (nSPS) is 59.0. The Bertz CT molecular complexity index is 1080. The summed E-state index contributed by atoms with van der Waals surface area (Å²) in [6, 6.07) is 3.20. The van der Waals surface area contributed by atoms with E-state index < -0.39 is 69.0 Å². The van der Waals surface area contributed by atoms with Gasteiger partial charge in [0.2, 0.25) is 0 Å². The standard InChI is InChI=1S/C25H35NO8/c1-12(2)23(31)17(33-18(28)14-7-6-10-26-14)15-19(4)11-22(30)20(23,5)24(15,32)25(34-22)16(27)13(3)8-9-21(19,25)29/h6-7,10,12-13,15-17,26-27,29-32H,8-9,11H2,1-5H3/t13-,15-,16-,17-,19+,20+,21-,22-,23+,24-,25+/m0/s1. The highest BCUT2D eigenvalue weighted by molar-refractivity contribution is 5.87. The zero-order chi connectivity index (χ0) is 24.9. The predicted molar refractivity (Wildman–Crippen MR) is 117 cm³/mol. The lowest BCUT2D eigenvalue weighted by molar-refractivity contribution is -0.385. The molecule has 2 saturated heterocycles.